The van der Waals surface area contributed by atoms with Crippen molar-refractivity contribution in [1.82, 2.24) is 0 Å². The maximum atomic E-state index is 3.50. The maximum absolute atomic E-state index is 3.50. The van der Waals surface area contributed by atoms with Crippen molar-refractivity contribution in [3.05, 3.63) is 11.7 Å². The molecule has 1 rings (SSSR count). The topological polar surface area (TPSA) is 14.1 Å². The molecule has 0 heterocycles. The summed E-state index contributed by atoms with van der Waals surface area (Å²) in [5.41, 5.74) is 0. The van der Waals surface area contributed by atoms with Crippen molar-refractivity contribution in [2.75, 3.05) is 14.1 Å². The molecule has 0 aromatic rings. The average molecular weight is 193 g/mol. The second kappa shape index (κ2) is 12.3. The molecule has 0 bridgehead atoms. The molecule has 0 unspecified atom stereocenters. The molecule has 0 aliphatic heterocycles. The van der Waals surface area contributed by atoms with Gasteiger partial charge in [0.25, 0.3) is 0 Å². The summed E-state index contributed by atoms with van der Waals surface area (Å²) in [6.45, 7) is 0. The minimum atomic E-state index is 0. The van der Waals surface area contributed by atoms with Gasteiger partial charge < -0.3 is 11.7 Å². The second-order valence-corrected chi connectivity index (χ2v) is 2.37. The standard InChI is InChI=1S/C6H11.C2H6N.Zn/c1-2-4-6-5-3-1;1-3-2;/h1H,2-6H2;1-2H3;/q2*-1;+2. The largest absolute Gasteiger partial charge is 2.00 e. The molecule has 0 N–H and O–H groups in total. The molecule has 0 saturated heterocycles. The molecule has 1 saturated carbocycles. The fourth-order valence-corrected chi connectivity index (χ4v) is 0.898. The molecule has 10 heavy (non-hydrogen) atoms. The van der Waals surface area contributed by atoms with E-state index in [-0.39, 0.29) is 19.5 Å². The molecule has 1 aliphatic carbocycles. The van der Waals surface area contributed by atoms with E-state index < -0.39 is 0 Å². The number of nitrogens with zero attached hydrogens (tertiary/aromatic N) is 1. The summed E-state index contributed by atoms with van der Waals surface area (Å²) in [5.74, 6) is 0. The van der Waals surface area contributed by atoms with Crippen LogP contribution in [0, 0.1) is 6.42 Å². The van der Waals surface area contributed by atoms with Gasteiger partial charge in [0.05, 0.1) is 0 Å². The first-order valence-corrected chi connectivity index (χ1v) is 3.71. The zero-order valence-electron chi connectivity index (χ0n) is 7.27. The Morgan fingerprint density at radius 3 is 1.50 bits per heavy atom. The number of hydrogen-bond donors (Lipinski definition) is 0. The molecule has 0 aromatic heterocycles. The number of hydrogen-bond acceptors (Lipinski definition) is 0. The Balaban J connectivity index is 0. The van der Waals surface area contributed by atoms with Crippen LogP contribution in [0.4, 0.5) is 0 Å². The van der Waals surface area contributed by atoms with Crippen LogP contribution >= 0.6 is 0 Å². The summed E-state index contributed by atoms with van der Waals surface area (Å²) >= 11 is 0. The van der Waals surface area contributed by atoms with Crippen LogP contribution in [0.1, 0.15) is 32.1 Å². The summed E-state index contributed by atoms with van der Waals surface area (Å²) in [6.07, 6.45) is 9.50. The molecule has 2 heteroatoms. The van der Waals surface area contributed by atoms with Gasteiger partial charge in [-0.1, -0.05) is 19.3 Å². The van der Waals surface area contributed by atoms with E-state index in [9.17, 15) is 0 Å². The van der Waals surface area contributed by atoms with Gasteiger partial charge in [-0.2, -0.15) is 26.9 Å². The predicted molar refractivity (Wildman–Crippen MR) is 42.6 cm³/mol. The first-order chi connectivity index (χ1) is 4.41. The van der Waals surface area contributed by atoms with E-state index >= 15 is 0 Å². The minimum absolute atomic E-state index is 0. The fraction of sp³-hybridized carbons (Fsp3) is 0.875. The Kier molecular flexibility index (Phi) is 16.2. The van der Waals surface area contributed by atoms with Crippen LogP contribution < -0.4 is 0 Å². The Morgan fingerprint density at radius 1 is 1.00 bits per heavy atom. The van der Waals surface area contributed by atoms with Crippen molar-refractivity contribution < 1.29 is 19.5 Å². The maximum Gasteiger partial charge on any atom is 2.00 e. The van der Waals surface area contributed by atoms with E-state index in [4.69, 9.17) is 0 Å². The number of rotatable bonds is 0. The Hall–Kier alpha value is 0.583. The second-order valence-electron chi connectivity index (χ2n) is 2.37. The van der Waals surface area contributed by atoms with Crippen molar-refractivity contribution >= 4 is 0 Å². The van der Waals surface area contributed by atoms with Crippen molar-refractivity contribution in [1.29, 1.82) is 0 Å². The van der Waals surface area contributed by atoms with Crippen molar-refractivity contribution in [3.63, 3.8) is 0 Å². The zero-order chi connectivity index (χ0) is 6.95. The Labute approximate surface area is 77.7 Å². The summed E-state index contributed by atoms with van der Waals surface area (Å²) in [6, 6.07) is 0. The van der Waals surface area contributed by atoms with Crippen molar-refractivity contribution in [2.24, 2.45) is 0 Å². The van der Waals surface area contributed by atoms with Crippen LogP contribution in [-0.2, 0) is 19.5 Å². The van der Waals surface area contributed by atoms with Gasteiger partial charge in [-0.05, 0) is 0 Å². The van der Waals surface area contributed by atoms with E-state index in [1.165, 1.54) is 32.1 Å². The summed E-state index contributed by atoms with van der Waals surface area (Å²) in [5, 5.41) is 3.50. The van der Waals surface area contributed by atoms with Crippen LogP contribution in [0.2, 0.25) is 0 Å². The van der Waals surface area contributed by atoms with Crippen molar-refractivity contribution in [2.45, 2.75) is 32.1 Å². The third-order valence-electron chi connectivity index (χ3n) is 1.32. The molecular formula is C8H17NZn. The van der Waals surface area contributed by atoms with Gasteiger partial charge in [-0.3, -0.25) is 0 Å². The average Bonchev–Trinajstić information content (AvgIpc) is 1.93. The van der Waals surface area contributed by atoms with Crippen LogP contribution in [0.15, 0.2) is 0 Å². The van der Waals surface area contributed by atoms with E-state index in [1.54, 1.807) is 14.1 Å². The monoisotopic (exact) mass is 191 g/mol. The van der Waals surface area contributed by atoms with Gasteiger partial charge in [-0.25, -0.2) is 0 Å². The molecule has 0 atom stereocenters. The first-order valence-electron chi connectivity index (χ1n) is 3.71. The van der Waals surface area contributed by atoms with Crippen LogP contribution in [0.3, 0.4) is 0 Å². The van der Waals surface area contributed by atoms with Gasteiger partial charge in [0.2, 0.25) is 0 Å². The smallest absolute Gasteiger partial charge is 0.668 e. The molecule has 0 amide bonds. The van der Waals surface area contributed by atoms with Gasteiger partial charge in [0.15, 0.2) is 0 Å². The summed E-state index contributed by atoms with van der Waals surface area (Å²) in [7, 11) is 3.50. The van der Waals surface area contributed by atoms with Gasteiger partial charge in [-0.15, -0.1) is 0 Å². The Bertz CT molecular complexity index is 33.0. The van der Waals surface area contributed by atoms with Gasteiger partial charge in [0.1, 0.15) is 0 Å². The molecule has 0 spiro atoms. The third-order valence-corrected chi connectivity index (χ3v) is 1.32. The summed E-state index contributed by atoms with van der Waals surface area (Å²) < 4.78 is 0. The Morgan fingerprint density at radius 2 is 1.40 bits per heavy atom. The van der Waals surface area contributed by atoms with E-state index in [0.717, 1.165) is 0 Å². The van der Waals surface area contributed by atoms with Gasteiger partial charge >= 0.3 is 19.5 Å². The first kappa shape index (κ1) is 13.2. The third kappa shape index (κ3) is 11.4. The van der Waals surface area contributed by atoms with Crippen molar-refractivity contribution in [3.8, 4) is 0 Å². The fourth-order valence-electron chi connectivity index (χ4n) is 0.898. The SMILES string of the molecule is C[N-]C.[CH-]1CCCCC1.[Zn+2]. The molecule has 56 valence electrons. The van der Waals surface area contributed by atoms with Crippen LogP contribution in [0.5, 0.6) is 0 Å². The normalized spacial score (nSPS) is 16.2. The zero-order valence-corrected chi connectivity index (χ0v) is 10.2. The molecule has 1 aliphatic rings. The molecule has 0 radical (unpaired) electrons. The molecule has 1 fully saturated rings. The van der Waals surface area contributed by atoms with E-state index in [0.29, 0.717) is 0 Å². The van der Waals surface area contributed by atoms with E-state index in [2.05, 4.69) is 11.7 Å². The predicted octanol–water partition coefficient (Wildman–Crippen LogP) is 2.77. The van der Waals surface area contributed by atoms with Crippen LogP contribution in [0.25, 0.3) is 5.32 Å². The van der Waals surface area contributed by atoms with Crippen LogP contribution in [-0.4, -0.2) is 14.1 Å². The molecular weight excluding hydrogens is 175 g/mol. The molecule has 0 aromatic carbocycles. The van der Waals surface area contributed by atoms with E-state index in [1.807, 2.05) is 0 Å². The summed E-state index contributed by atoms with van der Waals surface area (Å²) in [4.78, 5) is 0. The minimum Gasteiger partial charge on any atom is -0.668 e. The quantitative estimate of drug-likeness (QED) is 0.414. The molecule has 1 nitrogen and oxygen atoms in total. The van der Waals surface area contributed by atoms with Gasteiger partial charge in [0, 0.05) is 0 Å².